The van der Waals surface area contributed by atoms with Gasteiger partial charge in [-0.25, -0.2) is 4.79 Å². The average molecular weight is 374 g/mol. The van der Waals surface area contributed by atoms with E-state index in [9.17, 15) is 14.4 Å². The van der Waals surface area contributed by atoms with Crippen LogP contribution in [0.4, 0.5) is 4.79 Å². The number of hydrogen-bond donors (Lipinski definition) is 4. The Morgan fingerprint density at radius 2 is 1.85 bits per heavy atom. The Labute approximate surface area is 155 Å². The quantitative estimate of drug-likeness (QED) is 0.577. The predicted molar refractivity (Wildman–Crippen MR) is 101 cm³/mol. The van der Waals surface area contributed by atoms with Gasteiger partial charge < -0.3 is 11.1 Å². The number of nitrogens with two attached hydrogens (primary N) is 1. The van der Waals surface area contributed by atoms with Crippen molar-refractivity contribution in [2.45, 2.75) is 32.7 Å². The zero-order valence-electron chi connectivity index (χ0n) is 14.7. The molecule has 1 aromatic carbocycles. The summed E-state index contributed by atoms with van der Waals surface area (Å²) in [5, 5.41) is 2.39. The Bertz CT molecular complexity index is 789. The van der Waals surface area contributed by atoms with Crippen molar-refractivity contribution in [1.82, 2.24) is 16.2 Å². The second-order valence-electron chi connectivity index (χ2n) is 5.76. The van der Waals surface area contributed by atoms with Gasteiger partial charge in [-0.15, -0.1) is 11.3 Å². The summed E-state index contributed by atoms with van der Waals surface area (Å²) in [4.78, 5) is 37.4. The highest BCUT2D eigenvalue weighted by atomic mass is 32.1. The molecule has 2 rings (SSSR count). The Hall–Kier alpha value is -2.87. The number of rotatable bonds is 6. The van der Waals surface area contributed by atoms with Gasteiger partial charge in [0.25, 0.3) is 11.8 Å². The van der Waals surface area contributed by atoms with Gasteiger partial charge in [0.2, 0.25) is 0 Å². The summed E-state index contributed by atoms with van der Waals surface area (Å²) in [6.07, 6.45) is 1.10. The lowest BCUT2D eigenvalue weighted by molar-refractivity contribution is -0.123. The van der Waals surface area contributed by atoms with E-state index in [2.05, 4.69) is 16.2 Å². The van der Waals surface area contributed by atoms with Crippen LogP contribution in [0.25, 0.3) is 0 Å². The molecule has 0 aliphatic rings. The van der Waals surface area contributed by atoms with E-state index in [1.807, 2.05) is 44.2 Å². The number of thiophene rings is 1. The van der Waals surface area contributed by atoms with Crippen LogP contribution in [0.1, 0.15) is 32.6 Å². The van der Waals surface area contributed by atoms with E-state index in [0.717, 1.165) is 22.4 Å². The number of carbonyl (C=O) groups excluding carboxylic acids is 3. The van der Waals surface area contributed by atoms with E-state index in [4.69, 9.17) is 5.73 Å². The zero-order valence-corrected chi connectivity index (χ0v) is 15.5. The number of aryl methyl sites for hydroxylation is 2. The third kappa shape index (κ3) is 5.32. The second kappa shape index (κ2) is 9.00. The van der Waals surface area contributed by atoms with Gasteiger partial charge in [-0.05, 0) is 30.5 Å². The van der Waals surface area contributed by atoms with Crippen molar-refractivity contribution >= 4 is 29.2 Å². The molecule has 1 atom stereocenters. The Morgan fingerprint density at radius 3 is 2.42 bits per heavy atom. The van der Waals surface area contributed by atoms with Crippen LogP contribution in [0.5, 0.6) is 0 Å². The molecule has 0 unspecified atom stereocenters. The van der Waals surface area contributed by atoms with Crippen LogP contribution in [-0.2, 0) is 17.6 Å². The molecule has 0 aliphatic carbocycles. The monoisotopic (exact) mass is 374 g/mol. The lowest BCUT2D eigenvalue weighted by atomic mass is 10.1. The Balaban J connectivity index is 1.99. The number of primary amides is 1. The van der Waals surface area contributed by atoms with Crippen LogP contribution < -0.4 is 21.9 Å². The summed E-state index contributed by atoms with van der Waals surface area (Å²) < 4.78 is 0. The molecule has 26 heavy (non-hydrogen) atoms. The molecule has 0 radical (unpaired) electrons. The topological polar surface area (TPSA) is 113 Å². The van der Waals surface area contributed by atoms with E-state index in [0.29, 0.717) is 4.88 Å². The van der Waals surface area contributed by atoms with Gasteiger partial charge in [0, 0.05) is 11.3 Å². The molecule has 0 fully saturated rings. The molecule has 0 saturated heterocycles. The van der Waals surface area contributed by atoms with Crippen molar-refractivity contribution in [3.8, 4) is 0 Å². The molecule has 5 N–H and O–H groups in total. The van der Waals surface area contributed by atoms with Crippen molar-refractivity contribution in [2.24, 2.45) is 5.73 Å². The smallest absolute Gasteiger partial charge is 0.312 e. The maximum Gasteiger partial charge on any atom is 0.312 e. The molecule has 0 bridgehead atoms. The van der Waals surface area contributed by atoms with E-state index >= 15 is 0 Å². The third-order valence-electron chi connectivity index (χ3n) is 3.78. The van der Waals surface area contributed by atoms with Crippen molar-refractivity contribution in [2.75, 3.05) is 0 Å². The summed E-state index contributed by atoms with van der Waals surface area (Å²) >= 11 is 1.39. The first-order chi connectivity index (χ1) is 12.4. The molecule has 1 aromatic heterocycles. The fourth-order valence-electron chi connectivity index (χ4n) is 2.48. The molecule has 0 saturated carbocycles. The number of carbonyl (C=O) groups is 3. The number of hydrogen-bond acceptors (Lipinski definition) is 4. The fraction of sp³-hybridized carbons (Fsp3) is 0.278. The van der Waals surface area contributed by atoms with E-state index in [1.54, 1.807) is 6.07 Å². The fourth-order valence-corrected chi connectivity index (χ4v) is 3.49. The Kier molecular flexibility index (Phi) is 6.74. The summed E-state index contributed by atoms with van der Waals surface area (Å²) in [6, 6.07) is 9.27. The molecule has 7 nitrogen and oxygen atoms in total. The van der Waals surface area contributed by atoms with Crippen LogP contribution in [0.2, 0.25) is 0 Å². The summed E-state index contributed by atoms with van der Waals surface area (Å²) in [5.41, 5.74) is 11.8. The summed E-state index contributed by atoms with van der Waals surface area (Å²) in [5.74, 6) is -0.950. The van der Waals surface area contributed by atoms with Gasteiger partial charge in [0.1, 0.15) is 6.04 Å². The molecule has 0 spiro atoms. The molecule has 4 amide bonds. The third-order valence-corrected chi connectivity index (χ3v) is 5.16. The van der Waals surface area contributed by atoms with Gasteiger partial charge >= 0.3 is 6.03 Å². The number of benzene rings is 1. The van der Waals surface area contributed by atoms with Crippen LogP contribution in [-0.4, -0.2) is 23.9 Å². The molecule has 0 aliphatic heterocycles. The summed E-state index contributed by atoms with van der Waals surface area (Å²) in [6.45, 7) is 3.96. The highest BCUT2D eigenvalue weighted by Crippen LogP contribution is 2.21. The number of amides is 4. The maximum absolute atomic E-state index is 12.4. The highest BCUT2D eigenvalue weighted by Gasteiger charge is 2.21. The first-order valence-electron chi connectivity index (χ1n) is 8.20. The molecule has 1 heterocycles. The molecular formula is C18H22N4O3S. The molecule has 8 heteroatoms. The SMILES string of the molecule is CCc1sc(C(=O)NNC(=O)[C@H](Cc2ccccc2)NC(N)=O)cc1C. The standard InChI is InChI=1S/C18H22N4O3S/c1-3-14-11(2)9-15(26-14)17(24)22-21-16(23)13(20-18(19)25)10-12-7-5-4-6-8-12/h4-9,13H,3,10H2,1-2H3,(H,21,23)(H,22,24)(H3,19,20,25)/t13-/m0/s1. The van der Waals surface area contributed by atoms with Crippen molar-refractivity contribution in [3.05, 3.63) is 57.3 Å². The van der Waals surface area contributed by atoms with Crippen molar-refractivity contribution in [1.29, 1.82) is 0 Å². The van der Waals surface area contributed by atoms with Crippen molar-refractivity contribution in [3.63, 3.8) is 0 Å². The van der Waals surface area contributed by atoms with Gasteiger partial charge in [-0.3, -0.25) is 20.4 Å². The van der Waals surface area contributed by atoms with Crippen LogP contribution in [0.3, 0.4) is 0 Å². The second-order valence-corrected chi connectivity index (χ2v) is 6.90. The normalized spacial score (nSPS) is 11.5. The molecular weight excluding hydrogens is 352 g/mol. The van der Waals surface area contributed by atoms with E-state index in [-0.39, 0.29) is 6.42 Å². The first-order valence-corrected chi connectivity index (χ1v) is 9.01. The first kappa shape index (κ1) is 19.5. The molecule has 2 aromatic rings. The maximum atomic E-state index is 12.4. The number of hydrazine groups is 1. The van der Waals surface area contributed by atoms with E-state index < -0.39 is 23.9 Å². The summed E-state index contributed by atoms with van der Waals surface area (Å²) in [7, 11) is 0. The lowest BCUT2D eigenvalue weighted by Crippen LogP contribution is -2.54. The minimum atomic E-state index is -0.897. The van der Waals surface area contributed by atoms with Crippen LogP contribution in [0.15, 0.2) is 36.4 Å². The van der Waals surface area contributed by atoms with Gasteiger partial charge in [-0.2, -0.15) is 0 Å². The van der Waals surface area contributed by atoms with Gasteiger partial charge in [-0.1, -0.05) is 37.3 Å². The molecule has 138 valence electrons. The highest BCUT2D eigenvalue weighted by molar-refractivity contribution is 7.14. The van der Waals surface area contributed by atoms with Gasteiger partial charge in [0.05, 0.1) is 4.88 Å². The van der Waals surface area contributed by atoms with Crippen LogP contribution in [0, 0.1) is 6.92 Å². The average Bonchev–Trinajstić information content (AvgIpc) is 3.00. The lowest BCUT2D eigenvalue weighted by Gasteiger charge is -2.17. The van der Waals surface area contributed by atoms with Crippen molar-refractivity contribution < 1.29 is 14.4 Å². The minimum Gasteiger partial charge on any atom is -0.352 e. The van der Waals surface area contributed by atoms with Crippen LogP contribution >= 0.6 is 11.3 Å². The minimum absolute atomic E-state index is 0.254. The number of urea groups is 1. The van der Waals surface area contributed by atoms with Gasteiger partial charge in [0.15, 0.2) is 0 Å². The largest absolute Gasteiger partial charge is 0.352 e. The zero-order chi connectivity index (χ0) is 19.1. The van der Waals surface area contributed by atoms with E-state index in [1.165, 1.54) is 11.3 Å². The predicted octanol–water partition coefficient (Wildman–Crippen LogP) is 1.66. The Morgan fingerprint density at radius 1 is 1.15 bits per heavy atom. The number of nitrogens with one attached hydrogen (secondary N) is 3.